The van der Waals surface area contributed by atoms with Crippen LogP contribution in [0.25, 0.3) is 6.08 Å². The Morgan fingerprint density at radius 3 is 2.69 bits per heavy atom. The number of hydrogen-bond acceptors (Lipinski definition) is 5. The number of carbonyl (C=O) groups excluding carboxylic acids is 1. The van der Waals surface area contributed by atoms with Crippen LogP contribution in [0.4, 0.5) is 0 Å². The maximum absolute atomic E-state index is 11.3. The zero-order valence-electron chi connectivity index (χ0n) is 8.80. The second-order valence-corrected chi connectivity index (χ2v) is 3.06. The Morgan fingerprint density at radius 2 is 2.12 bits per heavy atom. The van der Waals surface area contributed by atoms with Crippen LogP contribution in [0.2, 0.25) is 0 Å². The molecule has 5 nitrogen and oxygen atoms in total. The van der Waals surface area contributed by atoms with Crippen molar-refractivity contribution in [3.63, 3.8) is 0 Å². The lowest BCUT2D eigenvalue weighted by molar-refractivity contribution is 0.0597. The molecule has 0 spiro atoms. The minimum absolute atomic E-state index is 0.00280. The zero-order valence-corrected chi connectivity index (χ0v) is 8.80. The van der Waals surface area contributed by atoms with Gasteiger partial charge in [0.2, 0.25) is 0 Å². The molecule has 0 unspecified atom stereocenters. The molecule has 0 aliphatic carbocycles. The van der Waals surface area contributed by atoms with E-state index in [2.05, 4.69) is 4.74 Å². The van der Waals surface area contributed by atoms with Gasteiger partial charge >= 0.3 is 5.97 Å². The first-order valence-corrected chi connectivity index (χ1v) is 4.61. The van der Waals surface area contributed by atoms with Gasteiger partial charge < -0.3 is 20.7 Å². The zero-order chi connectivity index (χ0) is 12.1. The van der Waals surface area contributed by atoms with E-state index in [-0.39, 0.29) is 17.1 Å². The van der Waals surface area contributed by atoms with Crippen LogP contribution in [0, 0.1) is 0 Å². The second kappa shape index (κ2) is 5.18. The van der Waals surface area contributed by atoms with Gasteiger partial charge in [-0.25, -0.2) is 4.79 Å². The summed E-state index contributed by atoms with van der Waals surface area (Å²) in [5, 5.41) is 18.9. The summed E-state index contributed by atoms with van der Waals surface area (Å²) in [4.78, 5) is 11.3. The summed E-state index contributed by atoms with van der Waals surface area (Å²) in [6.45, 7) is 0.313. The number of nitrogens with two attached hydrogens (primary N) is 1. The maximum atomic E-state index is 11.3. The van der Waals surface area contributed by atoms with Crippen molar-refractivity contribution in [1.29, 1.82) is 0 Å². The van der Waals surface area contributed by atoms with Crippen molar-refractivity contribution in [3.8, 4) is 11.5 Å². The Balaban J connectivity index is 3.21. The average Bonchev–Trinajstić information content (AvgIpc) is 2.27. The number of hydrogen-bond donors (Lipinski definition) is 3. The van der Waals surface area contributed by atoms with Gasteiger partial charge in [0.25, 0.3) is 0 Å². The predicted molar refractivity (Wildman–Crippen MR) is 59.2 cm³/mol. The van der Waals surface area contributed by atoms with Gasteiger partial charge in [-0.1, -0.05) is 12.2 Å². The summed E-state index contributed by atoms with van der Waals surface area (Å²) in [7, 11) is 1.21. The predicted octanol–water partition coefficient (Wildman–Crippen LogP) is 0.856. The van der Waals surface area contributed by atoms with Crippen molar-refractivity contribution in [2.75, 3.05) is 13.7 Å². The topological polar surface area (TPSA) is 92.8 Å². The molecule has 0 bridgehead atoms. The van der Waals surface area contributed by atoms with Gasteiger partial charge in [-0.3, -0.25) is 0 Å². The number of aromatic hydroxyl groups is 2. The van der Waals surface area contributed by atoms with Gasteiger partial charge in [0.05, 0.1) is 7.11 Å². The number of esters is 1. The van der Waals surface area contributed by atoms with E-state index in [0.717, 1.165) is 6.07 Å². The highest BCUT2D eigenvalue weighted by Gasteiger charge is 2.14. The number of ether oxygens (including phenoxy) is 1. The fourth-order valence-electron chi connectivity index (χ4n) is 1.20. The van der Waals surface area contributed by atoms with Crippen molar-refractivity contribution >= 4 is 12.0 Å². The molecule has 0 aliphatic rings. The summed E-state index contributed by atoms with van der Waals surface area (Å²) < 4.78 is 4.49. The first-order chi connectivity index (χ1) is 7.60. The molecule has 0 amide bonds. The molecule has 0 heterocycles. The van der Waals surface area contributed by atoms with Crippen LogP contribution >= 0.6 is 0 Å². The molecule has 1 rings (SSSR count). The standard InChI is InChI=1S/C11H13NO4/c1-16-11(15)8-5-7(3-2-4-12)9(13)6-10(8)14/h2-3,5-6,13-14H,4,12H2,1H3/b3-2+. The molecular formula is C11H13NO4. The van der Waals surface area contributed by atoms with Crippen LogP contribution in [0.5, 0.6) is 11.5 Å². The van der Waals surface area contributed by atoms with Gasteiger partial charge in [-0.15, -0.1) is 0 Å². The summed E-state index contributed by atoms with van der Waals surface area (Å²) in [5.74, 6) is -1.12. The third-order valence-corrected chi connectivity index (χ3v) is 1.98. The number of rotatable bonds is 3. The van der Waals surface area contributed by atoms with Gasteiger partial charge in [-0.2, -0.15) is 0 Å². The van der Waals surface area contributed by atoms with Crippen LogP contribution in [-0.2, 0) is 4.74 Å². The molecule has 5 heteroatoms. The molecule has 0 aliphatic heterocycles. The Hall–Kier alpha value is -2.01. The van der Waals surface area contributed by atoms with Crippen LogP contribution in [-0.4, -0.2) is 29.8 Å². The van der Waals surface area contributed by atoms with Crippen molar-refractivity contribution in [2.24, 2.45) is 5.73 Å². The molecule has 0 fully saturated rings. The van der Waals surface area contributed by atoms with Crippen LogP contribution in [0.3, 0.4) is 0 Å². The summed E-state index contributed by atoms with van der Waals surface area (Å²) in [6.07, 6.45) is 3.17. The largest absolute Gasteiger partial charge is 0.507 e. The van der Waals surface area contributed by atoms with E-state index in [4.69, 9.17) is 5.73 Å². The number of phenols is 2. The van der Waals surface area contributed by atoms with E-state index in [0.29, 0.717) is 12.1 Å². The number of phenolic OH excluding ortho intramolecular Hbond substituents is 2. The lowest BCUT2D eigenvalue weighted by atomic mass is 10.1. The highest BCUT2D eigenvalue weighted by atomic mass is 16.5. The van der Waals surface area contributed by atoms with Gasteiger partial charge in [-0.05, 0) is 6.07 Å². The quantitative estimate of drug-likeness (QED) is 0.661. The third kappa shape index (κ3) is 2.52. The lowest BCUT2D eigenvalue weighted by Gasteiger charge is -2.06. The Kier molecular flexibility index (Phi) is 3.90. The molecule has 0 radical (unpaired) electrons. The fourth-order valence-corrected chi connectivity index (χ4v) is 1.20. The first kappa shape index (κ1) is 12.1. The van der Waals surface area contributed by atoms with Crippen molar-refractivity contribution < 1.29 is 19.7 Å². The van der Waals surface area contributed by atoms with Crippen LogP contribution in [0.1, 0.15) is 15.9 Å². The van der Waals surface area contributed by atoms with E-state index in [1.165, 1.54) is 13.2 Å². The Bertz CT molecular complexity index is 426. The second-order valence-electron chi connectivity index (χ2n) is 3.06. The van der Waals surface area contributed by atoms with Crippen molar-refractivity contribution in [3.05, 3.63) is 29.3 Å². The number of benzene rings is 1. The van der Waals surface area contributed by atoms with Crippen LogP contribution in [0.15, 0.2) is 18.2 Å². The summed E-state index contributed by atoms with van der Waals surface area (Å²) in [5.41, 5.74) is 5.66. The molecule has 16 heavy (non-hydrogen) atoms. The smallest absolute Gasteiger partial charge is 0.341 e. The normalized spacial score (nSPS) is 10.6. The molecular weight excluding hydrogens is 210 g/mol. The average molecular weight is 223 g/mol. The Morgan fingerprint density at radius 1 is 1.44 bits per heavy atom. The minimum Gasteiger partial charge on any atom is -0.507 e. The lowest BCUT2D eigenvalue weighted by Crippen LogP contribution is -2.02. The van der Waals surface area contributed by atoms with E-state index in [1.807, 2.05) is 0 Å². The van der Waals surface area contributed by atoms with E-state index >= 15 is 0 Å². The number of carbonyl (C=O) groups is 1. The van der Waals surface area contributed by atoms with Gasteiger partial charge in [0.15, 0.2) is 0 Å². The summed E-state index contributed by atoms with van der Waals surface area (Å²) >= 11 is 0. The van der Waals surface area contributed by atoms with E-state index < -0.39 is 5.97 Å². The molecule has 1 aromatic carbocycles. The minimum atomic E-state index is -0.667. The van der Waals surface area contributed by atoms with E-state index in [1.54, 1.807) is 12.2 Å². The molecule has 0 saturated heterocycles. The number of methoxy groups -OCH3 is 1. The van der Waals surface area contributed by atoms with Crippen molar-refractivity contribution in [2.45, 2.75) is 0 Å². The molecule has 0 atom stereocenters. The molecule has 0 saturated carbocycles. The van der Waals surface area contributed by atoms with Crippen LogP contribution < -0.4 is 5.73 Å². The molecule has 86 valence electrons. The van der Waals surface area contributed by atoms with Gasteiger partial charge in [0.1, 0.15) is 17.1 Å². The Labute approximate surface area is 92.8 Å². The van der Waals surface area contributed by atoms with E-state index in [9.17, 15) is 15.0 Å². The maximum Gasteiger partial charge on any atom is 0.341 e. The SMILES string of the molecule is COC(=O)c1cc(/C=C/CN)c(O)cc1O. The fraction of sp³-hybridized carbons (Fsp3) is 0.182. The third-order valence-electron chi connectivity index (χ3n) is 1.98. The molecule has 1 aromatic rings. The monoisotopic (exact) mass is 223 g/mol. The summed E-state index contributed by atoms with van der Waals surface area (Å²) in [6, 6.07) is 2.42. The highest BCUT2D eigenvalue weighted by Crippen LogP contribution is 2.28. The first-order valence-electron chi connectivity index (χ1n) is 4.61. The molecule has 0 aromatic heterocycles. The highest BCUT2D eigenvalue weighted by molar-refractivity contribution is 5.93. The van der Waals surface area contributed by atoms with Gasteiger partial charge in [0, 0.05) is 18.2 Å². The van der Waals surface area contributed by atoms with Crippen molar-refractivity contribution in [1.82, 2.24) is 0 Å². The molecule has 4 N–H and O–H groups in total.